The van der Waals surface area contributed by atoms with Gasteiger partial charge in [-0.25, -0.2) is 0 Å². The molecule has 1 saturated heterocycles. The van der Waals surface area contributed by atoms with Gasteiger partial charge in [-0.2, -0.15) is 0 Å². The molecule has 84 valence electrons. The Morgan fingerprint density at radius 3 is 2.71 bits per heavy atom. The molecule has 1 fully saturated rings. The molecule has 2 unspecified atom stereocenters. The van der Waals surface area contributed by atoms with Crippen LogP contribution in [0.15, 0.2) is 0 Å². The molecule has 2 nitrogen and oxygen atoms in total. The summed E-state index contributed by atoms with van der Waals surface area (Å²) in [5.41, 5.74) is 0.411. The van der Waals surface area contributed by atoms with E-state index in [1.54, 1.807) is 0 Å². The standard InChI is InChI=1S/C12H25NO/c1-5-11-8-13-7-6-12(11,9-14-4)10(2)3/h10-11,13H,5-9H2,1-4H3. The molecule has 2 heteroatoms. The van der Waals surface area contributed by atoms with Crippen LogP contribution in [0.25, 0.3) is 0 Å². The zero-order valence-electron chi connectivity index (χ0n) is 10.1. The fourth-order valence-corrected chi connectivity index (χ4v) is 2.94. The topological polar surface area (TPSA) is 21.3 Å². The van der Waals surface area contributed by atoms with E-state index in [0.29, 0.717) is 5.41 Å². The Bertz CT molecular complexity index is 166. The highest BCUT2D eigenvalue weighted by Gasteiger charge is 2.42. The minimum Gasteiger partial charge on any atom is -0.384 e. The highest BCUT2D eigenvalue weighted by molar-refractivity contribution is 4.93. The van der Waals surface area contributed by atoms with E-state index in [-0.39, 0.29) is 0 Å². The van der Waals surface area contributed by atoms with Crippen molar-refractivity contribution in [3.8, 4) is 0 Å². The molecule has 1 aliphatic heterocycles. The van der Waals surface area contributed by atoms with E-state index in [2.05, 4.69) is 26.1 Å². The number of methoxy groups -OCH3 is 1. The Balaban J connectivity index is 2.79. The van der Waals surface area contributed by atoms with Crippen molar-refractivity contribution in [1.29, 1.82) is 0 Å². The van der Waals surface area contributed by atoms with E-state index >= 15 is 0 Å². The fraction of sp³-hybridized carbons (Fsp3) is 1.00. The van der Waals surface area contributed by atoms with Crippen LogP contribution in [0.4, 0.5) is 0 Å². The number of piperidine rings is 1. The largest absolute Gasteiger partial charge is 0.384 e. The van der Waals surface area contributed by atoms with Crippen molar-refractivity contribution in [3.63, 3.8) is 0 Å². The maximum Gasteiger partial charge on any atom is 0.0524 e. The van der Waals surface area contributed by atoms with Crippen LogP contribution >= 0.6 is 0 Å². The molecule has 0 aliphatic carbocycles. The van der Waals surface area contributed by atoms with Crippen molar-refractivity contribution in [2.24, 2.45) is 17.3 Å². The summed E-state index contributed by atoms with van der Waals surface area (Å²) in [5.74, 6) is 1.49. The maximum absolute atomic E-state index is 5.45. The van der Waals surface area contributed by atoms with Gasteiger partial charge in [0.25, 0.3) is 0 Å². The van der Waals surface area contributed by atoms with Crippen LogP contribution < -0.4 is 5.32 Å². The minimum atomic E-state index is 0.411. The maximum atomic E-state index is 5.45. The summed E-state index contributed by atoms with van der Waals surface area (Å²) in [7, 11) is 1.83. The second-order valence-electron chi connectivity index (χ2n) is 4.88. The van der Waals surface area contributed by atoms with Gasteiger partial charge in [-0.1, -0.05) is 27.2 Å². The molecule has 0 amide bonds. The van der Waals surface area contributed by atoms with Crippen LogP contribution in [0.2, 0.25) is 0 Å². The van der Waals surface area contributed by atoms with E-state index in [1.807, 2.05) is 7.11 Å². The van der Waals surface area contributed by atoms with Gasteiger partial charge < -0.3 is 10.1 Å². The Morgan fingerprint density at radius 2 is 2.21 bits per heavy atom. The zero-order valence-corrected chi connectivity index (χ0v) is 10.1. The molecule has 2 atom stereocenters. The molecule has 0 aromatic rings. The summed E-state index contributed by atoms with van der Waals surface area (Å²) >= 11 is 0. The molecule has 0 radical (unpaired) electrons. The minimum absolute atomic E-state index is 0.411. The summed E-state index contributed by atoms with van der Waals surface area (Å²) in [6.45, 7) is 10.2. The smallest absolute Gasteiger partial charge is 0.0524 e. The SMILES string of the molecule is CCC1CNCCC1(COC)C(C)C. The molecule has 0 aromatic heterocycles. The Hall–Kier alpha value is -0.0800. The first kappa shape index (κ1) is 12.0. The first-order valence-electron chi connectivity index (χ1n) is 5.87. The third-order valence-corrected chi connectivity index (χ3v) is 4.03. The van der Waals surface area contributed by atoms with Gasteiger partial charge in [0, 0.05) is 12.5 Å². The molecule has 0 bridgehead atoms. The summed E-state index contributed by atoms with van der Waals surface area (Å²) in [6, 6.07) is 0. The average molecular weight is 199 g/mol. The van der Waals surface area contributed by atoms with Gasteiger partial charge >= 0.3 is 0 Å². The second kappa shape index (κ2) is 5.13. The highest BCUT2D eigenvalue weighted by Crippen LogP contribution is 2.42. The molecular formula is C12H25NO. The molecule has 14 heavy (non-hydrogen) atoms. The van der Waals surface area contributed by atoms with E-state index in [9.17, 15) is 0 Å². The summed E-state index contributed by atoms with van der Waals surface area (Å²) in [5, 5.41) is 3.50. The normalized spacial score (nSPS) is 33.6. The van der Waals surface area contributed by atoms with Crippen molar-refractivity contribution >= 4 is 0 Å². The molecule has 1 heterocycles. The van der Waals surface area contributed by atoms with Crippen LogP contribution in [0.5, 0.6) is 0 Å². The zero-order chi connectivity index (χ0) is 10.6. The lowest BCUT2D eigenvalue weighted by Gasteiger charge is -2.47. The number of ether oxygens (including phenoxy) is 1. The predicted octanol–water partition coefficient (Wildman–Crippen LogP) is 2.29. The van der Waals surface area contributed by atoms with Crippen LogP contribution in [0, 0.1) is 17.3 Å². The van der Waals surface area contributed by atoms with E-state index < -0.39 is 0 Å². The van der Waals surface area contributed by atoms with E-state index in [1.165, 1.54) is 12.8 Å². The number of rotatable bonds is 4. The van der Waals surface area contributed by atoms with Gasteiger partial charge in [0.15, 0.2) is 0 Å². The lowest BCUT2D eigenvalue weighted by molar-refractivity contribution is -0.0290. The van der Waals surface area contributed by atoms with Crippen molar-refractivity contribution in [1.82, 2.24) is 5.32 Å². The van der Waals surface area contributed by atoms with Crippen LogP contribution in [-0.2, 0) is 4.74 Å². The summed E-state index contributed by atoms with van der Waals surface area (Å²) in [4.78, 5) is 0. The molecule has 0 saturated carbocycles. The third kappa shape index (κ3) is 2.12. The van der Waals surface area contributed by atoms with Gasteiger partial charge in [-0.05, 0) is 31.3 Å². The average Bonchev–Trinajstić information content (AvgIpc) is 2.18. The van der Waals surface area contributed by atoms with Gasteiger partial charge in [0.2, 0.25) is 0 Å². The molecule has 1 rings (SSSR count). The molecular weight excluding hydrogens is 174 g/mol. The first-order valence-corrected chi connectivity index (χ1v) is 5.87. The lowest BCUT2D eigenvalue weighted by Crippen LogP contribution is -2.50. The predicted molar refractivity (Wildman–Crippen MR) is 60.4 cm³/mol. The fourth-order valence-electron chi connectivity index (χ4n) is 2.94. The van der Waals surface area contributed by atoms with Crippen molar-refractivity contribution in [3.05, 3.63) is 0 Å². The number of hydrogen-bond acceptors (Lipinski definition) is 2. The van der Waals surface area contributed by atoms with Crippen molar-refractivity contribution < 1.29 is 4.74 Å². The summed E-state index contributed by atoms with van der Waals surface area (Å²) < 4.78 is 5.45. The molecule has 1 N–H and O–H groups in total. The quantitative estimate of drug-likeness (QED) is 0.750. The van der Waals surface area contributed by atoms with Gasteiger partial charge in [0.1, 0.15) is 0 Å². The van der Waals surface area contributed by atoms with Crippen molar-refractivity contribution in [2.45, 2.75) is 33.6 Å². The Kier molecular flexibility index (Phi) is 4.39. The Labute approximate surface area is 88.4 Å². The first-order chi connectivity index (χ1) is 6.67. The number of hydrogen-bond donors (Lipinski definition) is 1. The van der Waals surface area contributed by atoms with Crippen molar-refractivity contribution in [2.75, 3.05) is 26.8 Å². The molecule has 0 aromatic carbocycles. The second-order valence-corrected chi connectivity index (χ2v) is 4.88. The van der Waals surface area contributed by atoms with Gasteiger partial charge in [-0.15, -0.1) is 0 Å². The highest BCUT2D eigenvalue weighted by atomic mass is 16.5. The number of nitrogens with one attached hydrogen (secondary N) is 1. The van der Waals surface area contributed by atoms with Crippen LogP contribution in [0.3, 0.4) is 0 Å². The lowest BCUT2D eigenvalue weighted by atomic mass is 9.63. The summed E-state index contributed by atoms with van der Waals surface area (Å²) in [6.07, 6.45) is 2.52. The van der Waals surface area contributed by atoms with Gasteiger partial charge in [-0.3, -0.25) is 0 Å². The monoisotopic (exact) mass is 199 g/mol. The molecule has 1 aliphatic rings. The van der Waals surface area contributed by atoms with E-state index in [4.69, 9.17) is 4.74 Å². The van der Waals surface area contributed by atoms with Crippen LogP contribution in [-0.4, -0.2) is 26.8 Å². The van der Waals surface area contributed by atoms with E-state index in [0.717, 1.165) is 31.5 Å². The van der Waals surface area contributed by atoms with Crippen LogP contribution in [0.1, 0.15) is 33.6 Å². The third-order valence-electron chi connectivity index (χ3n) is 4.03. The Morgan fingerprint density at radius 1 is 1.50 bits per heavy atom. The molecule has 0 spiro atoms. The van der Waals surface area contributed by atoms with Gasteiger partial charge in [0.05, 0.1) is 6.61 Å².